The Morgan fingerprint density at radius 1 is 1.07 bits per heavy atom. The molecule has 2 aliphatic heterocycles. The van der Waals surface area contributed by atoms with Gasteiger partial charge in [0.15, 0.2) is 11.3 Å². The monoisotopic (exact) mass is 416 g/mol. The molecule has 0 saturated heterocycles. The number of hydrogen-bond donors (Lipinski definition) is 1. The molecular formula is C23H20N4O2S. The van der Waals surface area contributed by atoms with E-state index < -0.39 is 6.17 Å². The number of amidine groups is 1. The molecule has 0 aliphatic carbocycles. The minimum Gasteiger partial charge on any atom is -0.496 e. The van der Waals surface area contributed by atoms with Crippen molar-refractivity contribution in [3.63, 3.8) is 0 Å². The Kier molecular flexibility index (Phi) is 4.67. The van der Waals surface area contributed by atoms with E-state index in [0.717, 1.165) is 38.4 Å². The SMILES string of the molecule is CCSC1=NN2C(=c3ccccc3=N[C@@H]2c2ccc(OC)c3ccccc23)C(=O)N1. The van der Waals surface area contributed by atoms with E-state index in [9.17, 15) is 4.79 Å². The van der Waals surface area contributed by atoms with Gasteiger partial charge in [0.2, 0.25) is 0 Å². The van der Waals surface area contributed by atoms with E-state index in [-0.39, 0.29) is 5.91 Å². The highest BCUT2D eigenvalue weighted by atomic mass is 32.2. The molecule has 2 heterocycles. The molecule has 7 heteroatoms. The number of fused-ring (bicyclic) bond motifs is 3. The first kappa shape index (κ1) is 18.7. The van der Waals surface area contributed by atoms with Gasteiger partial charge in [-0.05, 0) is 23.3 Å². The van der Waals surface area contributed by atoms with Gasteiger partial charge in [0.05, 0.1) is 12.5 Å². The second-order valence-corrected chi connectivity index (χ2v) is 8.16. The van der Waals surface area contributed by atoms with E-state index >= 15 is 0 Å². The van der Waals surface area contributed by atoms with Crippen molar-refractivity contribution in [2.24, 2.45) is 10.1 Å². The topological polar surface area (TPSA) is 66.3 Å². The molecule has 0 bridgehead atoms. The van der Waals surface area contributed by atoms with Crippen molar-refractivity contribution < 1.29 is 9.53 Å². The van der Waals surface area contributed by atoms with E-state index in [2.05, 4.69) is 11.4 Å². The van der Waals surface area contributed by atoms with Crippen molar-refractivity contribution >= 4 is 39.3 Å². The fourth-order valence-corrected chi connectivity index (χ4v) is 4.51. The average Bonchev–Trinajstić information content (AvgIpc) is 2.78. The zero-order valence-corrected chi connectivity index (χ0v) is 17.4. The van der Waals surface area contributed by atoms with Crippen LogP contribution >= 0.6 is 11.8 Å². The molecular weight excluding hydrogens is 396 g/mol. The number of nitrogens with zero attached hydrogens (tertiary/aromatic N) is 3. The molecule has 3 aromatic rings. The van der Waals surface area contributed by atoms with Crippen molar-refractivity contribution in [2.75, 3.05) is 12.9 Å². The standard InChI is InChI=1S/C23H20N4O2S/c1-3-30-23-25-22(28)20-17-10-6-7-11-18(17)24-21(27(20)26-23)16-12-13-19(29-2)15-9-5-4-8-14(15)16/h4-13,21H,3H2,1-2H3,(H,25,26,28)/t21-/m0/s1. The number of hydrogen-bond acceptors (Lipinski definition) is 6. The fourth-order valence-electron chi connectivity index (χ4n) is 3.93. The van der Waals surface area contributed by atoms with Gasteiger partial charge in [-0.25, -0.2) is 5.01 Å². The molecule has 0 spiro atoms. The number of nitrogens with one attached hydrogen (secondary N) is 1. The summed E-state index contributed by atoms with van der Waals surface area (Å²) in [5.41, 5.74) is 1.49. The van der Waals surface area contributed by atoms with Crippen LogP contribution in [0.25, 0.3) is 16.5 Å². The van der Waals surface area contributed by atoms with Crippen LogP contribution in [-0.4, -0.2) is 28.9 Å². The fraction of sp³-hybridized carbons (Fsp3) is 0.174. The first-order valence-corrected chi connectivity index (χ1v) is 10.7. The highest BCUT2D eigenvalue weighted by Gasteiger charge is 2.35. The van der Waals surface area contributed by atoms with Crippen LogP contribution in [-0.2, 0) is 4.79 Å². The second kappa shape index (κ2) is 7.50. The first-order chi connectivity index (χ1) is 14.7. The van der Waals surface area contributed by atoms with Crippen LogP contribution in [0.5, 0.6) is 5.75 Å². The van der Waals surface area contributed by atoms with Gasteiger partial charge in [-0.1, -0.05) is 67.2 Å². The molecule has 150 valence electrons. The van der Waals surface area contributed by atoms with Crippen LogP contribution in [0.1, 0.15) is 18.7 Å². The van der Waals surface area contributed by atoms with Crippen molar-refractivity contribution in [2.45, 2.75) is 13.1 Å². The van der Waals surface area contributed by atoms with Gasteiger partial charge < -0.3 is 4.74 Å². The van der Waals surface area contributed by atoms with Gasteiger partial charge >= 0.3 is 0 Å². The summed E-state index contributed by atoms with van der Waals surface area (Å²) < 4.78 is 5.55. The zero-order chi connectivity index (χ0) is 20.7. The van der Waals surface area contributed by atoms with Gasteiger partial charge in [0, 0.05) is 16.2 Å². The van der Waals surface area contributed by atoms with E-state index in [1.54, 1.807) is 12.1 Å². The summed E-state index contributed by atoms with van der Waals surface area (Å²) in [5.74, 6) is 1.45. The van der Waals surface area contributed by atoms with Crippen LogP contribution in [0.2, 0.25) is 0 Å². The van der Waals surface area contributed by atoms with E-state index in [4.69, 9.17) is 14.8 Å². The number of rotatable bonds is 3. The third-order valence-corrected chi connectivity index (χ3v) is 5.96. The van der Waals surface area contributed by atoms with Gasteiger partial charge in [-0.15, -0.1) is 5.10 Å². The number of benzene rings is 3. The Hall–Kier alpha value is -3.32. The maximum atomic E-state index is 13.1. The third-order valence-electron chi connectivity index (χ3n) is 5.21. The van der Waals surface area contributed by atoms with Gasteiger partial charge in [-0.2, -0.15) is 0 Å². The minimum absolute atomic E-state index is 0.161. The smallest absolute Gasteiger partial charge is 0.276 e. The molecule has 0 unspecified atom stereocenters. The third kappa shape index (κ3) is 2.93. The van der Waals surface area contributed by atoms with Crippen LogP contribution in [0, 0.1) is 0 Å². The molecule has 1 atom stereocenters. The molecule has 0 saturated carbocycles. The Labute approximate surface area is 177 Å². The summed E-state index contributed by atoms with van der Waals surface area (Å²) in [6, 6.07) is 19.7. The lowest BCUT2D eigenvalue weighted by Gasteiger charge is -2.34. The quantitative estimate of drug-likeness (QED) is 0.713. The lowest BCUT2D eigenvalue weighted by molar-refractivity contribution is -0.116. The molecule has 1 N–H and O–H groups in total. The largest absolute Gasteiger partial charge is 0.496 e. The van der Waals surface area contributed by atoms with E-state index in [0.29, 0.717) is 10.9 Å². The number of methoxy groups -OCH3 is 1. The van der Waals surface area contributed by atoms with E-state index in [1.807, 2.05) is 61.5 Å². The number of para-hydroxylation sites is 1. The van der Waals surface area contributed by atoms with Crippen LogP contribution in [0.4, 0.5) is 0 Å². The summed E-state index contributed by atoms with van der Waals surface area (Å²) >= 11 is 1.50. The molecule has 0 fully saturated rings. The van der Waals surface area contributed by atoms with Crippen molar-refractivity contribution in [3.05, 3.63) is 76.8 Å². The maximum Gasteiger partial charge on any atom is 0.276 e. The second-order valence-electron chi connectivity index (χ2n) is 6.91. The van der Waals surface area contributed by atoms with E-state index in [1.165, 1.54) is 11.8 Å². The average molecular weight is 417 g/mol. The van der Waals surface area contributed by atoms with Gasteiger partial charge in [0.25, 0.3) is 5.91 Å². The Morgan fingerprint density at radius 2 is 1.83 bits per heavy atom. The highest BCUT2D eigenvalue weighted by molar-refractivity contribution is 8.13. The minimum atomic E-state index is -0.454. The first-order valence-electron chi connectivity index (χ1n) is 9.76. The molecule has 6 nitrogen and oxygen atoms in total. The zero-order valence-electron chi connectivity index (χ0n) is 16.6. The number of amides is 1. The molecule has 5 rings (SSSR count). The number of carbonyl (C=O) groups is 1. The Bertz CT molecular complexity index is 1320. The summed E-state index contributed by atoms with van der Waals surface area (Å²) in [7, 11) is 1.67. The molecule has 2 aliphatic rings. The van der Waals surface area contributed by atoms with Crippen molar-refractivity contribution in [1.29, 1.82) is 0 Å². The lowest BCUT2D eigenvalue weighted by atomic mass is 10.00. The molecule has 0 radical (unpaired) electrons. The van der Waals surface area contributed by atoms with Crippen molar-refractivity contribution in [1.82, 2.24) is 10.3 Å². The van der Waals surface area contributed by atoms with Gasteiger partial charge in [-0.3, -0.25) is 15.1 Å². The summed E-state index contributed by atoms with van der Waals surface area (Å²) in [6.45, 7) is 2.03. The van der Waals surface area contributed by atoms with Crippen molar-refractivity contribution in [3.8, 4) is 5.75 Å². The van der Waals surface area contributed by atoms with Crippen LogP contribution < -0.4 is 20.6 Å². The highest BCUT2D eigenvalue weighted by Crippen LogP contribution is 2.37. The normalized spacial score (nSPS) is 17.6. The Balaban J connectivity index is 1.79. The Morgan fingerprint density at radius 3 is 2.63 bits per heavy atom. The van der Waals surface area contributed by atoms with Gasteiger partial charge in [0.1, 0.15) is 11.4 Å². The number of hydrazone groups is 1. The molecule has 30 heavy (non-hydrogen) atoms. The van der Waals surface area contributed by atoms with Crippen LogP contribution in [0.3, 0.4) is 0 Å². The summed E-state index contributed by atoms with van der Waals surface area (Å²) in [6.07, 6.45) is -0.454. The number of ether oxygens (including phenoxy) is 1. The number of carbonyl (C=O) groups excluding carboxylic acids is 1. The van der Waals surface area contributed by atoms with Crippen LogP contribution in [0.15, 0.2) is 70.8 Å². The predicted octanol–water partition coefficient (Wildman–Crippen LogP) is 2.74. The molecule has 0 aromatic heterocycles. The molecule has 3 aromatic carbocycles. The molecule has 1 amide bonds. The predicted molar refractivity (Wildman–Crippen MR) is 119 cm³/mol. The lowest BCUT2D eigenvalue weighted by Crippen LogP contribution is -2.50. The number of thioether (sulfide) groups is 1. The summed E-state index contributed by atoms with van der Waals surface area (Å²) in [4.78, 5) is 18.1. The maximum absolute atomic E-state index is 13.1. The summed E-state index contributed by atoms with van der Waals surface area (Å²) in [5, 5.41) is 13.6.